The number of fused-ring (bicyclic) bond motifs is 1. The standard InChI is InChI=1S/C14H20N6/c1-4-16-12-10-20-7-6-17-13(20)14(18-12)19(5-2)9-11(3)8-15/h6-7,10-11,16H,4-5,9H2,1-3H3. The molecule has 0 aliphatic heterocycles. The van der Waals surface area contributed by atoms with Crippen molar-refractivity contribution in [2.75, 3.05) is 29.9 Å². The Balaban J connectivity index is 2.44. The van der Waals surface area contributed by atoms with Gasteiger partial charge in [-0.15, -0.1) is 0 Å². The van der Waals surface area contributed by atoms with Crippen molar-refractivity contribution in [2.45, 2.75) is 20.8 Å². The van der Waals surface area contributed by atoms with Gasteiger partial charge in [0.05, 0.1) is 18.2 Å². The summed E-state index contributed by atoms with van der Waals surface area (Å²) in [5.74, 6) is 1.59. The van der Waals surface area contributed by atoms with Gasteiger partial charge in [-0.25, -0.2) is 9.97 Å². The second kappa shape index (κ2) is 6.24. The van der Waals surface area contributed by atoms with Gasteiger partial charge in [0.25, 0.3) is 0 Å². The molecule has 0 radical (unpaired) electrons. The van der Waals surface area contributed by atoms with Crippen LogP contribution in [0, 0.1) is 17.2 Å². The van der Waals surface area contributed by atoms with E-state index < -0.39 is 0 Å². The molecule has 2 rings (SSSR count). The Morgan fingerprint density at radius 3 is 2.95 bits per heavy atom. The average molecular weight is 272 g/mol. The summed E-state index contributed by atoms with van der Waals surface area (Å²) < 4.78 is 1.96. The van der Waals surface area contributed by atoms with Crippen molar-refractivity contribution in [2.24, 2.45) is 5.92 Å². The Bertz CT molecular complexity index is 612. The Morgan fingerprint density at radius 1 is 1.50 bits per heavy atom. The van der Waals surface area contributed by atoms with E-state index in [1.165, 1.54) is 0 Å². The van der Waals surface area contributed by atoms with Crippen LogP contribution in [-0.2, 0) is 0 Å². The number of imidazole rings is 1. The summed E-state index contributed by atoms with van der Waals surface area (Å²) in [5.41, 5.74) is 0.818. The summed E-state index contributed by atoms with van der Waals surface area (Å²) >= 11 is 0. The molecule has 0 aliphatic rings. The molecule has 20 heavy (non-hydrogen) atoms. The quantitative estimate of drug-likeness (QED) is 0.872. The minimum absolute atomic E-state index is 0.0467. The first-order valence-electron chi connectivity index (χ1n) is 6.91. The molecule has 0 saturated heterocycles. The molecule has 1 N–H and O–H groups in total. The number of nitrogens with one attached hydrogen (secondary N) is 1. The molecule has 1 atom stereocenters. The van der Waals surface area contributed by atoms with Gasteiger partial charge in [-0.1, -0.05) is 0 Å². The van der Waals surface area contributed by atoms with Crippen LogP contribution in [0.3, 0.4) is 0 Å². The molecule has 2 heterocycles. The van der Waals surface area contributed by atoms with Crippen LogP contribution in [0.15, 0.2) is 18.6 Å². The van der Waals surface area contributed by atoms with Crippen LogP contribution in [0.25, 0.3) is 5.65 Å². The zero-order chi connectivity index (χ0) is 14.5. The van der Waals surface area contributed by atoms with Gasteiger partial charge >= 0.3 is 0 Å². The van der Waals surface area contributed by atoms with Gasteiger partial charge in [0.1, 0.15) is 5.82 Å². The first-order valence-corrected chi connectivity index (χ1v) is 6.91. The minimum atomic E-state index is -0.0467. The van der Waals surface area contributed by atoms with Crippen molar-refractivity contribution in [3.63, 3.8) is 0 Å². The summed E-state index contributed by atoms with van der Waals surface area (Å²) in [6, 6.07) is 2.27. The Labute approximate surface area is 119 Å². The molecular weight excluding hydrogens is 252 g/mol. The van der Waals surface area contributed by atoms with Crippen molar-refractivity contribution >= 4 is 17.3 Å². The molecular formula is C14H20N6. The molecule has 106 valence electrons. The van der Waals surface area contributed by atoms with E-state index in [1.54, 1.807) is 6.20 Å². The van der Waals surface area contributed by atoms with Gasteiger partial charge in [-0.2, -0.15) is 5.26 Å². The molecule has 0 aromatic carbocycles. The van der Waals surface area contributed by atoms with Crippen LogP contribution < -0.4 is 10.2 Å². The molecule has 2 aromatic heterocycles. The van der Waals surface area contributed by atoms with Crippen LogP contribution in [0.1, 0.15) is 20.8 Å². The number of rotatable bonds is 6. The first-order chi connectivity index (χ1) is 9.69. The molecule has 0 saturated carbocycles. The van der Waals surface area contributed by atoms with Gasteiger partial charge < -0.3 is 14.6 Å². The maximum Gasteiger partial charge on any atom is 0.180 e. The molecule has 0 amide bonds. The Morgan fingerprint density at radius 2 is 2.30 bits per heavy atom. The first kappa shape index (κ1) is 14.1. The maximum absolute atomic E-state index is 9.01. The number of anilines is 2. The summed E-state index contributed by atoms with van der Waals surface area (Å²) in [4.78, 5) is 11.1. The summed E-state index contributed by atoms with van der Waals surface area (Å²) in [5, 5.41) is 12.2. The minimum Gasteiger partial charge on any atom is -0.369 e. The predicted octanol–water partition coefficient (Wildman–Crippen LogP) is 2.15. The molecule has 0 bridgehead atoms. The van der Waals surface area contributed by atoms with Gasteiger partial charge in [-0.05, 0) is 20.8 Å². The van der Waals surface area contributed by atoms with Gasteiger partial charge in [0.15, 0.2) is 11.5 Å². The van der Waals surface area contributed by atoms with E-state index in [0.29, 0.717) is 6.54 Å². The predicted molar refractivity (Wildman–Crippen MR) is 79.8 cm³/mol. The Hall–Kier alpha value is -2.29. The lowest BCUT2D eigenvalue weighted by Crippen LogP contribution is -2.29. The normalized spacial score (nSPS) is 12.1. The smallest absolute Gasteiger partial charge is 0.180 e. The van der Waals surface area contributed by atoms with Crippen molar-refractivity contribution in [3.8, 4) is 6.07 Å². The largest absolute Gasteiger partial charge is 0.369 e. The SMILES string of the molecule is CCNc1cn2ccnc2c(N(CC)CC(C)C#N)n1. The van der Waals surface area contributed by atoms with Crippen LogP contribution in [0.2, 0.25) is 0 Å². The van der Waals surface area contributed by atoms with E-state index in [2.05, 4.69) is 33.2 Å². The zero-order valence-electron chi connectivity index (χ0n) is 12.2. The van der Waals surface area contributed by atoms with Gasteiger partial charge in [0, 0.05) is 32.0 Å². The highest BCUT2D eigenvalue weighted by Crippen LogP contribution is 2.21. The van der Waals surface area contributed by atoms with E-state index in [4.69, 9.17) is 5.26 Å². The highest BCUT2D eigenvalue weighted by Gasteiger charge is 2.16. The van der Waals surface area contributed by atoms with E-state index in [1.807, 2.05) is 30.6 Å². The van der Waals surface area contributed by atoms with Crippen molar-refractivity contribution < 1.29 is 0 Å². The third-order valence-electron chi connectivity index (χ3n) is 3.11. The number of nitrogens with zero attached hydrogens (tertiary/aromatic N) is 5. The summed E-state index contributed by atoms with van der Waals surface area (Å²) in [7, 11) is 0. The van der Waals surface area contributed by atoms with E-state index in [-0.39, 0.29) is 5.92 Å². The van der Waals surface area contributed by atoms with Crippen molar-refractivity contribution in [1.82, 2.24) is 14.4 Å². The number of hydrogen-bond acceptors (Lipinski definition) is 5. The van der Waals surface area contributed by atoms with Gasteiger partial charge in [0.2, 0.25) is 0 Å². The third kappa shape index (κ3) is 2.82. The van der Waals surface area contributed by atoms with Crippen molar-refractivity contribution in [3.05, 3.63) is 18.6 Å². The molecule has 0 fully saturated rings. The monoisotopic (exact) mass is 272 g/mol. The fourth-order valence-corrected chi connectivity index (χ4v) is 2.13. The fraction of sp³-hybridized carbons (Fsp3) is 0.500. The molecule has 2 aromatic rings. The highest BCUT2D eigenvalue weighted by atomic mass is 15.2. The second-order valence-corrected chi connectivity index (χ2v) is 4.71. The van der Waals surface area contributed by atoms with Crippen molar-refractivity contribution in [1.29, 1.82) is 5.26 Å². The zero-order valence-corrected chi connectivity index (χ0v) is 12.2. The topological polar surface area (TPSA) is 69.2 Å². The van der Waals surface area contributed by atoms with Crippen LogP contribution in [-0.4, -0.2) is 34.0 Å². The highest BCUT2D eigenvalue weighted by molar-refractivity contribution is 5.66. The van der Waals surface area contributed by atoms with Crippen LogP contribution in [0.4, 0.5) is 11.6 Å². The van der Waals surface area contributed by atoms with Crippen LogP contribution in [0.5, 0.6) is 0 Å². The average Bonchev–Trinajstić information content (AvgIpc) is 2.92. The lowest BCUT2D eigenvalue weighted by atomic mass is 10.2. The number of hydrogen-bond donors (Lipinski definition) is 1. The lowest BCUT2D eigenvalue weighted by molar-refractivity contribution is 0.680. The van der Waals surface area contributed by atoms with E-state index in [9.17, 15) is 0 Å². The third-order valence-corrected chi connectivity index (χ3v) is 3.11. The molecule has 1 unspecified atom stereocenters. The molecule has 0 aliphatic carbocycles. The summed E-state index contributed by atoms with van der Waals surface area (Å²) in [6.45, 7) is 8.27. The number of nitriles is 1. The second-order valence-electron chi connectivity index (χ2n) is 4.71. The molecule has 6 heteroatoms. The lowest BCUT2D eigenvalue weighted by Gasteiger charge is -2.24. The summed E-state index contributed by atoms with van der Waals surface area (Å²) in [6.07, 6.45) is 5.59. The Kier molecular flexibility index (Phi) is 4.41. The van der Waals surface area contributed by atoms with E-state index in [0.717, 1.165) is 30.4 Å². The molecule has 6 nitrogen and oxygen atoms in total. The molecule has 0 spiro atoms. The van der Waals surface area contributed by atoms with E-state index >= 15 is 0 Å². The number of aromatic nitrogens is 3. The maximum atomic E-state index is 9.01. The van der Waals surface area contributed by atoms with Crippen LogP contribution >= 0.6 is 0 Å². The van der Waals surface area contributed by atoms with Gasteiger partial charge in [-0.3, -0.25) is 0 Å². The fourth-order valence-electron chi connectivity index (χ4n) is 2.13.